The third-order valence-electron chi connectivity index (χ3n) is 5.73. The highest BCUT2D eigenvalue weighted by atomic mass is 19.1. The molecule has 4 rings (SSSR count). The van der Waals surface area contributed by atoms with Gasteiger partial charge < -0.3 is 21.1 Å². The molecule has 1 fully saturated rings. The molecule has 154 valence electrons. The monoisotopic (exact) mass is 403 g/mol. The first-order valence-corrected chi connectivity index (χ1v) is 9.81. The van der Waals surface area contributed by atoms with Crippen LogP contribution in [0.2, 0.25) is 0 Å². The third-order valence-corrected chi connectivity index (χ3v) is 5.73. The van der Waals surface area contributed by atoms with E-state index in [4.69, 9.17) is 5.73 Å². The summed E-state index contributed by atoms with van der Waals surface area (Å²) in [6.45, 7) is 1.42. The average Bonchev–Trinajstić information content (AvgIpc) is 3.03. The highest BCUT2D eigenvalue weighted by molar-refractivity contribution is 5.92. The van der Waals surface area contributed by atoms with Gasteiger partial charge in [0.25, 0.3) is 0 Å². The molecule has 29 heavy (non-hydrogen) atoms. The normalized spacial score (nSPS) is 20.0. The van der Waals surface area contributed by atoms with E-state index in [1.807, 2.05) is 0 Å². The molecule has 0 aliphatic heterocycles. The summed E-state index contributed by atoms with van der Waals surface area (Å²) in [7, 11) is 0. The van der Waals surface area contributed by atoms with Crippen LogP contribution < -0.4 is 11.1 Å². The van der Waals surface area contributed by atoms with Crippen molar-refractivity contribution in [1.29, 1.82) is 0 Å². The van der Waals surface area contributed by atoms with E-state index in [9.17, 15) is 18.3 Å². The van der Waals surface area contributed by atoms with E-state index in [-0.39, 0.29) is 23.8 Å². The van der Waals surface area contributed by atoms with Crippen molar-refractivity contribution >= 4 is 10.9 Å². The lowest BCUT2D eigenvalue weighted by Crippen LogP contribution is -2.38. The summed E-state index contributed by atoms with van der Waals surface area (Å²) in [6, 6.07) is 8.23. The Labute approximate surface area is 166 Å². The van der Waals surface area contributed by atoms with E-state index in [0.717, 1.165) is 36.6 Å². The van der Waals surface area contributed by atoms with Crippen LogP contribution in [0.5, 0.6) is 0 Å². The van der Waals surface area contributed by atoms with Gasteiger partial charge in [0.2, 0.25) is 0 Å². The molecular formula is C22H24F3N3O. The number of fused-ring (bicyclic) bond motifs is 1. The van der Waals surface area contributed by atoms with Gasteiger partial charge in [0.1, 0.15) is 17.5 Å². The summed E-state index contributed by atoms with van der Waals surface area (Å²) in [4.78, 5) is 3.10. The average molecular weight is 403 g/mol. The Balaban J connectivity index is 1.61. The molecule has 1 atom stereocenters. The maximum absolute atomic E-state index is 14.4. The summed E-state index contributed by atoms with van der Waals surface area (Å²) in [5.74, 6) is -1.04. The molecule has 1 aromatic heterocycles. The van der Waals surface area contributed by atoms with Crippen LogP contribution in [-0.2, 0) is 0 Å². The molecule has 4 nitrogen and oxygen atoms in total. The van der Waals surface area contributed by atoms with Crippen molar-refractivity contribution in [3.05, 3.63) is 59.4 Å². The number of aliphatic hydroxyl groups is 1. The number of aromatic nitrogens is 1. The van der Waals surface area contributed by atoms with Gasteiger partial charge in [-0.05, 0) is 72.7 Å². The van der Waals surface area contributed by atoms with Gasteiger partial charge in [-0.1, -0.05) is 0 Å². The number of aliphatic hydroxyl groups excluding tert-OH is 1. The molecule has 2 aromatic carbocycles. The van der Waals surface area contributed by atoms with Gasteiger partial charge in [-0.2, -0.15) is 0 Å². The SMILES string of the molecule is NCC(O)CNCC1CC(c2c(-c3ccc(F)cc3)[nH]c3c(F)cc(F)cc23)C1. The van der Waals surface area contributed by atoms with Crippen LogP contribution in [-0.4, -0.2) is 35.8 Å². The van der Waals surface area contributed by atoms with Crippen LogP contribution in [0.3, 0.4) is 0 Å². The fourth-order valence-electron chi connectivity index (χ4n) is 4.18. The smallest absolute Gasteiger partial charge is 0.150 e. The standard InChI is InChI=1S/C22H24F3N3O/c23-15-3-1-13(2-4-15)21-20(18-7-16(24)8-19(25)22(18)28-21)14-5-12(6-14)10-27-11-17(29)9-26/h1-4,7-8,12,14,17,27-29H,5-6,9-11,26H2. The third kappa shape index (κ3) is 4.03. The first-order chi connectivity index (χ1) is 14.0. The van der Waals surface area contributed by atoms with Gasteiger partial charge in [0.15, 0.2) is 0 Å². The summed E-state index contributed by atoms with van der Waals surface area (Å²) in [5, 5.41) is 13.3. The molecular weight excluding hydrogens is 379 g/mol. The molecule has 0 bridgehead atoms. The zero-order valence-electron chi connectivity index (χ0n) is 15.9. The summed E-state index contributed by atoms with van der Waals surface area (Å²) in [6.07, 6.45) is 1.17. The Bertz CT molecular complexity index is 997. The van der Waals surface area contributed by atoms with Crippen molar-refractivity contribution < 1.29 is 18.3 Å². The molecule has 1 unspecified atom stereocenters. The van der Waals surface area contributed by atoms with Crippen molar-refractivity contribution in [2.75, 3.05) is 19.6 Å². The largest absolute Gasteiger partial charge is 0.390 e. The lowest BCUT2D eigenvalue weighted by Gasteiger charge is -2.36. The Morgan fingerprint density at radius 1 is 1.10 bits per heavy atom. The fraction of sp³-hybridized carbons (Fsp3) is 0.364. The number of aromatic amines is 1. The van der Waals surface area contributed by atoms with Gasteiger partial charge in [0, 0.05) is 24.5 Å². The van der Waals surface area contributed by atoms with E-state index in [2.05, 4.69) is 10.3 Å². The van der Waals surface area contributed by atoms with E-state index in [1.54, 1.807) is 12.1 Å². The maximum atomic E-state index is 14.4. The first kappa shape index (κ1) is 19.9. The number of rotatable bonds is 7. The van der Waals surface area contributed by atoms with Crippen molar-refractivity contribution in [3.8, 4) is 11.3 Å². The van der Waals surface area contributed by atoms with Crippen LogP contribution >= 0.6 is 0 Å². The summed E-state index contributed by atoms with van der Waals surface area (Å²) >= 11 is 0. The Morgan fingerprint density at radius 3 is 2.52 bits per heavy atom. The van der Waals surface area contributed by atoms with Gasteiger partial charge in [0.05, 0.1) is 17.3 Å². The van der Waals surface area contributed by atoms with E-state index in [0.29, 0.717) is 23.5 Å². The molecule has 5 N–H and O–H groups in total. The molecule has 1 aliphatic carbocycles. The predicted molar refractivity (Wildman–Crippen MR) is 107 cm³/mol. The summed E-state index contributed by atoms with van der Waals surface area (Å²) < 4.78 is 41.7. The Kier molecular flexibility index (Phi) is 5.63. The maximum Gasteiger partial charge on any atom is 0.150 e. The lowest BCUT2D eigenvalue weighted by atomic mass is 9.70. The van der Waals surface area contributed by atoms with Crippen LogP contribution in [0.15, 0.2) is 36.4 Å². The van der Waals surface area contributed by atoms with Gasteiger partial charge in [-0.25, -0.2) is 13.2 Å². The minimum absolute atomic E-state index is 0.149. The molecule has 7 heteroatoms. The minimum Gasteiger partial charge on any atom is -0.390 e. The molecule has 0 spiro atoms. The predicted octanol–water partition coefficient (Wildman–Crippen LogP) is 3.66. The van der Waals surface area contributed by atoms with Gasteiger partial charge >= 0.3 is 0 Å². The molecule has 1 aliphatic rings. The second kappa shape index (κ2) is 8.18. The van der Waals surface area contributed by atoms with Crippen molar-refractivity contribution in [1.82, 2.24) is 10.3 Å². The van der Waals surface area contributed by atoms with Crippen molar-refractivity contribution in [2.45, 2.75) is 24.9 Å². The van der Waals surface area contributed by atoms with Gasteiger partial charge in [-0.3, -0.25) is 0 Å². The zero-order chi connectivity index (χ0) is 20.5. The van der Waals surface area contributed by atoms with Gasteiger partial charge in [-0.15, -0.1) is 0 Å². The number of H-pyrrole nitrogens is 1. The van der Waals surface area contributed by atoms with Crippen LogP contribution in [0, 0.1) is 23.4 Å². The molecule has 1 heterocycles. The molecule has 3 aromatic rings. The highest BCUT2D eigenvalue weighted by Crippen LogP contribution is 2.48. The van der Waals surface area contributed by atoms with Crippen molar-refractivity contribution in [3.63, 3.8) is 0 Å². The van der Waals surface area contributed by atoms with E-state index >= 15 is 0 Å². The van der Waals surface area contributed by atoms with Crippen LogP contribution in [0.4, 0.5) is 13.2 Å². The Hall–Kier alpha value is -2.35. The molecule has 0 saturated heterocycles. The topological polar surface area (TPSA) is 74.1 Å². The van der Waals surface area contributed by atoms with Crippen molar-refractivity contribution in [2.24, 2.45) is 11.7 Å². The number of nitrogens with two attached hydrogens (primary N) is 1. The quantitative estimate of drug-likeness (QED) is 0.487. The number of hydrogen-bond donors (Lipinski definition) is 4. The number of benzene rings is 2. The van der Waals surface area contributed by atoms with Crippen LogP contribution in [0.1, 0.15) is 24.3 Å². The number of nitrogens with one attached hydrogen (secondary N) is 2. The lowest BCUT2D eigenvalue weighted by molar-refractivity contribution is 0.170. The number of hydrogen-bond acceptors (Lipinski definition) is 3. The molecule has 0 radical (unpaired) electrons. The number of halogens is 3. The van der Waals surface area contributed by atoms with Crippen LogP contribution in [0.25, 0.3) is 22.2 Å². The second-order valence-corrected chi connectivity index (χ2v) is 7.81. The molecule has 0 amide bonds. The van der Waals surface area contributed by atoms with E-state index in [1.165, 1.54) is 18.2 Å². The molecule has 1 saturated carbocycles. The van der Waals surface area contributed by atoms with E-state index < -0.39 is 17.7 Å². The minimum atomic E-state index is -0.636. The fourth-order valence-corrected chi connectivity index (χ4v) is 4.18. The second-order valence-electron chi connectivity index (χ2n) is 7.81. The highest BCUT2D eigenvalue weighted by Gasteiger charge is 2.34. The first-order valence-electron chi connectivity index (χ1n) is 9.81. The summed E-state index contributed by atoms with van der Waals surface area (Å²) in [5.41, 5.74) is 8.00. The zero-order valence-corrected chi connectivity index (χ0v) is 15.9. The Morgan fingerprint density at radius 2 is 1.83 bits per heavy atom.